The highest BCUT2D eigenvalue weighted by Gasteiger charge is 2.59. The maximum absolute atomic E-state index is 14.6. The zero-order valence-corrected chi connectivity index (χ0v) is 38.3. The molecule has 1 aliphatic carbocycles. The van der Waals surface area contributed by atoms with Crippen molar-refractivity contribution in [3.05, 3.63) is 136 Å². The zero-order valence-electron chi connectivity index (χ0n) is 37.3. The highest BCUT2D eigenvalue weighted by atomic mass is 28.4. The van der Waals surface area contributed by atoms with Crippen LogP contribution in [0.3, 0.4) is 0 Å². The lowest BCUT2D eigenvalue weighted by molar-refractivity contribution is -0.143. The standard InChI is InChI=1S/C50H54BF6NO6Si/c1-7-14-32(23-33-21-30(2)45(59)31(3)22-33)19-20-42-43-34(29-63-65(48(4,5)6,38-15-10-8-11-16-38)39-17-12-9-13-18-39)24-40-44(41(43)28-51(62)64-42)47(61)58(46(40)60)37-26-35(49(52,53)54)25-36(27-37)50(55,56)57/h8-13,15-18,21-23,25-27,40-42,44,59,62H,7,14,19-20,24,28-29H2,1-6H3/b32-23+/t40-,41+,42-,44-/m1/s1. The van der Waals surface area contributed by atoms with E-state index in [1.54, 1.807) is 0 Å². The van der Waals surface area contributed by atoms with Gasteiger partial charge in [-0.3, -0.25) is 9.59 Å². The molecule has 0 unspecified atom stereocenters. The number of nitrogens with zero attached hydrogens (tertiary/aromatic N) is 1. The summed E-state index contributed by atoms with van der Waals surface area (Å²) in [6.07, 6.45) is -6.95. The quantitative estimate of drug-likeness (QED) is 0.0636. The molecule has 0 saturated carbocycles. The summed E-state index contributed by atoms with van der Waals surface area (Å²) in [4.78, 5) is 29.7. The Morgan fingerprint density at radius 2 is 1.38 bits per heavy atom. The number of halogens is 6. The number of carbonyl (C=O) groups excluding carboxylic acids is 2. The van der Waals surface area contributed by atoms with Crippen LogP contribution in [0.5, 0.6) is 5.75 Å². The van der Waals surface area contributed by atoms with E-state index in [2.05, 4.69) is 33.8 Å². The average molecular weight is 918 g/mol. The van der Waals surface area contributed by atoms with Crippen molar-refractivity contribution in [2.75, 3.05) is 11.5 Å². The van der Waals surface area contributed by atoms with Gasteiger partial charge in [0.15, 0.2) is 0 Å². The molecule has 4 aromatic carbocycles. The van der Waals surface area contributed by atoms with Crippen LogP contribution in [0.2, 0.25) is 11.4 Å². The first kappa shape index (κ1) is 48.0. The Labute approximate surface area is 377 Å². The Bertz CT molecular complexity index is 2390. The Hall–Kier alpha value is -4.96. The number of amides is 2. The SMILES string of the molecule is CCC/C(=C\c1cc(C)c(O)c(C)c1)CC[C@H]1OB(O)C[C@H]2C1=C(CO[Si](c1ccccc1)(c1ccccc1)C(C)(C)C)C[C@H]1C(=O)N(c3cc(C(F)(F)F)cc(C(F)(F)F)c3)C(=O)[C@H]12. The third-order valence-corrected chi connectivity index (χ3v) is 18.2. The van der Waals surface area contributed by atoms with Gasteiger partial charge >= 0.3 is 19.5 Å². The molecule has 2 saturated heterocycles. The highest BCUT2D eigenvalue weighted by molar-refractivity contribution is 6.99. The van der Waals surface area contributed by atoms with Crippen LogP contribution in [0.25, 0.3) is 6.08 Å². The predicted molar refractivity (Wildman–Crippen MR) is 242 cm³/mol. The lowest BCUT2D eigenvalue weighted by Crippen LogP contribution is -2.66. The molecule has 2 heterocycles. The number of anilines is 1. The van der Waals surface area contributed by atoms with E-state index in [9.17, 15) is 46.1 Å². The number of aryl methyl sites for hydroxylation is 2. The Morgan fingerprint density at radius 1 is 0.831 bits per heavy atom. The van der Waals surface area contributed by atoms with Gasteiger partial charge in [0.2, 0.25) is 11.8 Å². The second-order valence-corrected chi connectivity index (χ2v) is 22.9. The van der Waals surface area contributed by atoms with Gasteiger partial charge in [-0.25, -0.2) is 4.90 Å². The summed E-state index contributed by atoms with van der Waals surface area (Å²) in [5, 5.41) is 23.3. The molecule has 0 bridgehead atoms. The summed E-state index contributed by atoms with van der Waals surface area (Å²) in [6.45, 7) is 12.0. The van der Waals surface area contributed by atoms with Crippen LogP contribution in [-0.2, 0) is 31.0 Å². The number of fused-ring (bicyclic) bond motifs is 3. The first-order valence-electron chi connectivity index (χ1n) is 22.0. The number of imide groups is 1. The van der Waals surface area contributed by atoms with Crippen molar-refractivity contribution in [3.8, 4) is 5.75 Å². The molecule has 65 heavy (non-hydrogen) atoms. The molecule has 4 aromatic rings. The van der Waals surface area contributed by atoms with Crippen LogP contribution in [-0.4, -0.2) is 50.1 Å². The van der Waals surface area contributed by atoms with E-state index in [1.165, 1.54) is 0 Å². The second kappa shape index (κ2) is 18.4. The smallest absolute Gasteiger partial charge is 0.455 e. The van der Waals surface area contributed by atoms with E-state index >= 15 is 0 Å². The number of phenols is 1. The molecule has 344 valence electrons. The number of phenolic OH excluding ortho intramolecular Hbond substituents is 1. The number of aromatic hydroxyl groups is 1. The number of hydrogen-bond acceptors (Lipinski definition) is 6. The summed E-state index contributed by atoms with van der Waals surface area (Å²) in [5.41, 5.74) is 0.621. The Balaban J connectivity index is 1.35. The summed E-state index contributed by atoms with van der Waals surface area (Å²) < 4.78 is 98.4. The number of alkyl halides is 6. The number of benzene rings is 4. The average Bonchev–Trinajstić information content (AvgIpc) is 3.49. The molecular weight excluding hydrogens is 863 g/mol. The van der Waals surface area contributed by atoms with Gasteiger partial charge in [-0.2, -0.15) is 26.3 Å². The molecule has 0 radical (unpaired) electrons. The van der Waals surface area contributed by atoms with Crippen LogP contribution < -0.4 is 15.3 Å². The van der Waals surface area contributed by atoms with Gasteiger partial charge in [-0.1, -0.05) is 106 Å². The molecule has 7 rings (SSSR count). The van der Waals surface area contributed by atoms with E-state index in [4.69, 9.17) is 9.08 Å². The minimum atomic E-state index is -5.21. The van der Waals surface area contributed by atoms with Crippen LogP contribution in [0.1, 0.15) is 87.6 Å². The van der Waals surface area contributed by atoms with Crippen LogP contribution in [0.4, 0.5) is 32.0 Å². The van der Waals surface area contributed by atoms with Crippen molar-refractivity contribution in [3.63, 3.8) is 0 Å². The number of carbonyl (C=O) groups is 2. The van der Waals surface area contributed by atoms with E-state index in [0.717, 1.165) is 45.5 Å². The predicted octanol–water partition coefficient (Wildman–Crippen LogP) is 10.6. The number of allylic oxidation sites excluding steroid dienone is 1. The first-order chi connectivity index (χ1) is 30.5. The fourth-order valence-electron chi connectivity index (χ4n) is 10.4. The van der Waals surface area contributed by atoms with E-state index < -0.39 is 85.3 Å². The molecule has 2 aliphatic heterocycles. The van der Waals surface area contributed by atoms with Crippen molar-refractivity contribution >= 4 is 49.4 Å². The zero-order chi connectivity index (χ0) is 47.2. The molecule has 2 amide bonds. The van der Waals surface area contributed by atoms with Gasteiger partial charge < -0.3 is 19.2 Å². The van der Waals surface area contributed by atoms with Crippen LogP contribution in [0.15, 0.2) is 108 Å². The molecule has 7 nitrogen and oxygen atoms in total. The molecule has 3 aliphatic rings. The topological polar surface area (TPSA) is 96.3 Å². The van der Waals surface area contributed by atoms with Crippen molar-refractivity contribution in [1.29, 1.82) is 0 Å². The maximum atomic E-state index is 14.6. The molecule has 0 aromatic heterocycles. The van der Waals surface area contributed by atoms with Gasteiger partial charge in [0, 0.05) is 0 Å². The van der Waals surface area contributed by atoms with Crippen molar-refractivity contribution in [2.24, 2.45) is 17.8 Å². The Kier molecular flexibility index (Phi) is 13.6. The van der Waals surface area contributed by atoms with Crippen molar-refractivity contribution < 1.29 is 55.1 Å². The van der Waals surface area contributed by atoms with Gasteiger partial charge in [0.05, 0.1) is 41.4 Å². The summed E-state index contributed by atoms with van der Waals surface area (Å²) >= 11 is 0. The lowest BCUT2D eigenvalue weighted by Gasteiger charge is -2.46. The molecule has 2 N–H and O–H groups in total. The van der Waals surface area contributed by atoms with E-state index in [-0.39, 0.29) is 31.2 Å². The molecule has 4 atom stereocenters. The molecular formula is C50H54BF6NO6Si. The minimum absolute atomic E-state index is 0.0226. The van der Waals surface area contributed by atoms with Gasteiger partial charge in [0.1, 0.15) is 5.75 Å². The highest BCUT2D eigenvalue weighted by Crippen LogP contribution is 2.53. The summed E-state index contributed by atoms with van der Waals surface area (Å²) in [5.74, 6) is -4.85. The third kappa shape index (κ3) is 9.52. The fraction of sp³-hybridized carbons (Fsp3) is 0.400. The normalized spacial score (nSPS) is 21.0. The van der Waals surface area contributed by atoms with Gasteiger partial charge in [-0.05, 0) is 125 Å². The third-order valence-electron chi connectivity index (χ3n) is 13.2. The monoisotopic (exact) mass is 917 g/mol. The fourth-order valence-corrected chi connectivity index (χ4v) is 14.9. The minimum Gasteiger partial charge on any atom is -0.507 e. The molecule has 0 spiro atoms. The van der Waals surface area contributed by atoms with Gasteiger partial charge in [0.25, 0.3) is 8.32 Å². The lowest BCUT2D eigenvalue weighted by atomic mass is 9.58. The van der Waals surface area contributed by atoms with Crippen molar-refractivity contribution in [1.82, 2.24) is 0 Å². The summed E-state index contributed by atoms with van der Waals surface area (Å²) in [7, 11) is -4.63. The maximum Gasteiger partial charge on any atom is 0.455 e. The molecule has 15 heteroatoms. The number of rotatable bonds is 12. The van der Waals surface area contributed by atoms with Crippen molar-refractivity contribution in [2.45, 2.75) is 103 Å². The van der Waals surface area contributed by atoms with E-state index in [0.29, 0.717) is 41.0 Å². The summed E-state index contributed by atoms with van der Waals surface area (Å²) in [6, 6.07) is 24.3. The van der Waals surface area contributed by atoms with Crippen LogP contribution >= 0.6 is 0 Å². The second-order valence-electron chi connectivity index (χ2n) is 18.6. The van der Waals surface area contributed by atoms with Crippen LogP contribution in [0, 0.1) is 31.6 Å². The largest absolute Gasteiger partial charge is 0.507 e. The molecule has 2 fully saturated rings. The van der Waals surface area contributed by atoms with E-state index in [1.807, 2.05) is 86.6 Å². The number of hydrogen-bond donors (Lipinski definition) is 2. The Morgan fingerprint density at radius 3 is 1.89 bits per heavy atom. The van der Waals surface area contributed by atoms with Gasteiger partial charge in [-0.15, -0.1) is 0 Å². The first-order valence-corrected chi connectivity index (χ1v) is 23.9.